The number of carbonyl (C=O) groups excluding carboxylic acids is 3. The quantitative estimate of drug-likeness (QED) is 0.517. The van der Waals surface area contributed by atoms with Crippen LogP contribution in [0.3, 0.4) is 0 Å². The van der Waals surface area contributed by atoms with Gasteiger partial charge in [-0.2, -0.15) is 0 Å². The number of anilines is 1. The number of urea groups is 1. The summed E-state index contributed by atoms with van der Waals surface area (Å²) in [7, 11) is 3.57. The fourth-order valence-corrected chi connectivity index (χ4v) is 6.64. The van der Waals surface area contributed by atoms with Gasteiger partial charge in [-0.1, -0.05) is 30.9 Å². The summed E-state index contributed by atoms with van der Waals surface area (Å²) in [5.41, 5.74) is 1.85. The Labute approximate surface area is 235 Å². The Hall–Kier alpha value is -2.78. The lowest BCUT2D eigenvalue weighted by molar-refractivity contribution is -0.139. The van der Waals surface area contributed by atoms with Crippen molar-refractivity contribution < 1.29 is 14.4 Å². The summed E-state index contributed by atoms with van der Waals surface area (Å²) in [5, 5.41) is 7.68. The molecule has 3 aliphatic rings. The Morgan fingerprint density at radius 1 is 1.08 bits per heavy atom. The molecule has 0 radical (unpaired) electrons. The second-order valence-electron chi connectivity index (χ2n) is 11.4. The fraction of sp³-hybridized carbons (Fsp3) is 0.621. The Kier molecular flexibility index (Phi) is 8.38. The molecule has 1 aromatic carbocycles. The van der Waals surface area contributed by atoms with Gasteiger partial charge < -0.3 is 25.0 Å². The maximum Gasteiger partial charge on any atom is 0.324 e. The van der Waals surface area contributed by atoms with Crippen LogP contribution in [0.1, 0.15) is 51.9 Å². The zero-order valence-corrected chi connectivity index (χ0v) is 24.0. The van der Waals surface area contributed by atoms with E-state index in [-0.39, 0.29) is 35.8 Å². The molecular formula is C29H41ClN6O3. The van der Waals surface area contributed by atoms with Crippen LogP contribution in [0.5, 0.6) is 0 Å². The summed E-state index contributed by atoms with van der Waals surface area (Å²) < 4.78 is 2.17. The van der Waals surface area contributed by atoms with E-state index >= 15 is 0 Å². The monoisotopic (exact) mass is 556 g/mol. The minimum absolute atomic E-state index is 0.0123. The van der Waals surface area contributed by atoms with E-state index in [4.69, 9.17) is 11.6 Å². The van der Waals surface area contributed by atoms with Crippen molar-refractivity contribution in [2.75, 3.05) is 38.6 Å². The number of hydrogen-bond donors (Lipinski definition) is 2. The lowest BCUT2D eigenvalue weighted by atomic mass is 9.83. The van der Waals surface area contributed by atoms with Gasteiger partial charge in [0.25, 0.3) is 0 Å². The number of likely N-dealkylation sites (N-methyl/N-ethyl adjacent to an activating group) is 2. The average molecular weight is 557 g/mol. The van der Waals surface area contributed by atoms with Crippen molar-refractivity contribution in [3.8, 4) is 0 Å². The first-order chi connectivity index (χ1) is 18.8. The molecule has 10 heteroatoms. The molecule has 2 aromatic rings. The van der Waals surface area contributed by atoms with Crippen LogP contribution in [-0.2, 0) is 16.1 Å². The standard InChI is InChI=1S/C29H41ClN6O3/c1-19(31-2)27(37)32-26(20-8-5-4-6-9-20)28(38)35-13-7-10-22(35)17-34-18-25(36-15-14-33(3)29(36)39)23-16-21(30)11-12-24(23)34/h11-12,16,18-20,22,26,31H,4-10,13-15,17H2,1-3H3,(H,32,37). The van der Waals surface area contributed by atoms with Crippen LogP contribution in [-0.4, -0.2) is 84.1 Å². The van der Waals surface area contributed by atoms with Crippen molar-refractivity contribution in [2.45, 2.75) is 76.5 Å². The molecule has 3 fully saturated rings. The van der Waals surface area contributed by atoms with E-state index < -0.39 is 6.04 Å². The molecule has 1 saturated carbocycles. The van der Waals surface area contributed by atoms with E-state index in [1.807, 2.05) is 48.2 Å². The van der Waals surface area contributed by atoms with Gasteiger partial charge in [-0.3, -0.25) is 14.5 Å². The summed E-state index contributed by atoms with van der Waals surface area (Å²) in [6.45, 7) is 4.44. The summed E-state index contributed by atoms with van der Waals surface area (Å²) in [4.78, 5) is 45.3. The Morgan fingerprint density at radius 3 is 2.54 bits per heavy atom. The first-order valence-electron chi connectivity index (χ1n) is 14.4. The maximum absolute atomic E-state index is 14.1. The number of aromatic nitrogens is 1. The molecule has 3 atom stereocenters. The topological polar surface area (TPSA) is 89.9 Å². The molecule has 1 aliphatic carbocycles. The number of carbonyl (C=O) groups is 3. The molecule has 3 heterocycles. The van der Waals surface area contributed by atoms with E-state index in [0.29, 0.717) is 31.2 Å². The molecule has 9 nitrogen and oxygen atoms in total. The smallest absolute Gasteiger partial charge is 0.324 e. The van der Waals surface area contributed by atoms with Crippen molar-refractivity contribution >= 4 is 46.0 Å². The number of halogens is 1. The number of nitrogens with zero attached hydrogens (tertiary/aromatic N) is 4. The number of rotatable bonds is 8. The van der Waals surface area contributed by atoms with Crippen molar-refractivity contribution in [1.82, 2.24) is 25.0 Å². The highest BCUT2D eigenvalue weighted by molar-refractivity contribution is 6.31. The SMILES string of the molecule is CNC(C)C(=O)NC(C(=O)N1CCCC1Cn1cc(N2CCN(C)C2=O)c2cc(Cl)ccc21)C1CCCCC1. The van der Waals surface area contributed by atoms with Crippen LogP contribution in [0.4, 0.5) is 10.5 Å². The Balaban J connectivity index is 1.41. The van der Waals surface area contributed by atoms with Gasteiger partial charge in [-0.15, -0.1) is 0 Å². The number of likely N-dealkylation sites (tertiary alicyclic amines) is 1. The van der Waals surface area contributed by atoms with Crippen molar-refractivity contribution in [3.05, 3.63) is 29.4 Å². The molecule has 4 amide bonds. The van der Waals surface area contributed by atoms with Gasteiger partial charge in [-0.25, -0.2) is 4.79 Å². The fourth-order valence-electron chi connectivity index (χ4n) is 6.47. The van der Waals surface area contributed by atoms with Gasteiger partial charge in [-0.05, 0) is 63.8 Å². The predicted molar refractivity (Wildman–Crippen MR) is 154 cm³/mol. The highest BCUT2D eigenvalue weighted by atomic mass is 35.5. The number of amides is 4. The lowest BCUT2D eigenvalue weighted by Gasteiger charge is -2.35. The molecule has 5 rings (SSSR count). The molecule has 2 aliphatic heterocycles. The number of hydrogen-bond acceptors (Lipinski definition) is 4. The zero-order valence-electron chi connectivity index (χ0n) is 23.3. The lowest BCUT2D eigenvalue weighted by Crippen LogP contribution is -2.56. The van der Waals surface area contributed by atoms with E-state index in [1.54, 1.807) is 11.9 Å². The number of benzene rings is 1. The molecular weight excluding hydrogens is 516 g/mol. The maximum atomic E-state index is 14.1. The molecule has 0 bridgehead atoms. The van der Waals surface area contributed by atoms with Gasteiger partial charge in [0.1, 0.15) is 6.04 Å². The normalized spacial score (nSPS) is 22.1. The van der Waals surface area contributed by atoms with E-state index in [2.05, 4.69) is 15.2 Å². The molecule has 212 valence electrons. The van der Waals surface area contributed by atoms with Gasteiger partial charge >= 0.3 is 6.03 Å². The molecule has 2 saturated heterocycles. The van der Waals surface area contributed by atoms with Gasteiger partial charge in [0.15, 0.2) is 0 Å². The van der Waals surface area contributed by atoms with Gasteiger partial charge in [0, 0.05) is 55.9 Å². The summed E-state index contributed by atoms with van der Waals surface area (Å²) in [6, 6.07) is 4.92. The van der Waals surface area contributed by atoms with Crippen molar-refractivity contribution in [2.24, 2.45) is 5.92 Å². The molecule has 2 N–H and O–H groups in total. The highest BCUT2D eigenvalue weighted by Gasteiger charge is 2.39. The zero-order chi connectivity index (χ0) is 27.7. The Bertz CT molecular complexity index is 1230. The van der Waals surface area contributed by atoms with E-state index in [9.17, 15) is 14.4 Å². The van der Waals surface area contributed by atoms with Crippen molar-refractivity contribution in [1.29, 1.82) is 0 Å². The van der Waals surface area contributed by atoms with Crippen LogP contribution in [0.15, 0.2) is 24.4 Å². The molecule has 0 spiro atoms. The number of nitrogens with one attached hydrogen (secondary N) is 2. The first-order valence-corrected chi connectivity index (χ1v) is 14.8. The van der Waals surface area contributed by atoms with Crippen LogP contribution < -0.4 is 15.5 Å². The number of fused-ring (bicyclic) bond motifs is 1. The third kappa shape index (κ3) is 5.61. The average Bonchev–Trinajstić information content (AvgIpc) is 3.64. The Morgan fingerprint density at radius 2 is 1.85 bits per heavy atom. The molecule has 3 unspecified atom stereocenters. The molecule has 39 heavy (non-hydrogen) atoms. The summed E-state index contributed by atoms with van der Waals surface area (Å²) in [5.74, 6) is 0.0762. The van der Waals surface area contributed by atoms with Crippen LogP contribution in [0.25, 0.3) is 10.9 Å². The third-order valence-electron chi connectivity index (χ3n) is 8.91. The highest BCUT2D eigenvalue weighted by Crippen LogP contribution is 2.35. The van der Waals surface area contributed by atoms with Gasteiger partial charge in [0.2, 0.25) is 11.8 Å². The van der Waals surface area contributed by atoms with Crippen molar-refractivity contribution in [3.63, 3.8) is 0 Å². The first kappa shape index (κ1) is 27.8. The second kappa shape index (κ2) is 11.8. The minimum atomic E-state index is -0.497. The predicted octanol–water partition coefficient (Wildman–Crippen LogP) is 3.83. The summed E-state index contributed by atoms with van der Waals surface area (Å²) in [6.07, 6.45) is 9.18. The van der Waals surface area contributed by atoms with Crippen LogP contribution >= 0.6 is 11.6 Å². The van der Waals surface area contributed by atoms with Crippen LogP contribution in [0.2, 0.25) is 5.02 Å². The summed E-state index contributed by atoms with van der Waals surface area (Å²) >= 11 is 6.37. The largest absolute Gasteiger partial charge is 0.343 e. The van der Waals surface area contributed by atoms with E-state index in [0.717, 1.165) is 55.1 Å². The molecule has 1 aromatic heterocycles. The second-order valence-corrected chi connectivity index (χ2v) is 11.8. The van der Waals surface area contributed by atoms with Gasteiger partial charge in [0.05, 0.1) is 17.2 Å². The van der Waals surface area contributed by atoms with Crippen LogP contribution in [0, 0.1) is 5.92 Å². The third-order valence-corrected chi connectivity index (χ3v) is 9.14. The minimum Gasteiger partial charge on any atom is -0.343 e. The van der Waals surface area contributed by atoms with E-state index in [1.165, 1.54) is 6.42 Å².